The molecule has 0 aliphatic heterocycles. The van der Waals surface area contributed by atoms with Gasteiger partial charge in [-0.05, 0) is 12.8 Å². The maximum Gasteiger partial charge on any atom is 0.166 e. The molecule has 0 radical (unpaired) electrons. The van der Waals surface area contributed by atoms with E-state index in [1.165, 1.54) is 0 Å². The molecular weight excluding hydrogens is 206 g/mol. The van der Waals surface area contributed by atoms with Crippen LogP contribution in [0.2, 0.25) is 0 Å². The van der Waals surface area contributed by atoms with E-state index in [4.69, 9.17) is 22.4 Å². The molecule has 0 unspecified atom stereocenters. The van der Waals surface area contributed by atoms with Crippen molar-refractivity contribution in [1.82, 2.24) is 0 Å². The van der Waals surface area contributed by atoms with E-state index >= 15 is 0 Å². The first-order valence-electron chi connectivity index (χ1n) is 5.64. The number of aliphatic hydroxyl groups excluding tert-OH is 1. The van der Waals surface area contributed by atoms with Crippen molar-refractivity contribution in [1.29, 1.82) is 0 Å². The Kier molecular flexibility index (Phi) is 8.82. The molecule has 0 amide bonds. The Morgan fingerprint density at radius 3 is 2.50 bits per heavy atom. The summed E-state index contributed by atoms with van der Waals surface area (Å²) in [5.74, 6) is 2.63. The number of carbonyl (C=O) groups is 1. The van der Waals surface area contributed by atoms with Crippen LogP contribution in [0.4, 0.5) is 0 Å². The number of aliphatic hydroxyl groups is 2. The van der Waals surface area contributed by atoms with Gasteiger partial charge in [0.15, 0.2) is 6.29 Å². The van der Waals surface area contributed by atoms with E-state index in [9.17, 15) is 4.79 Å². The molecule has 1 atom stereocenters. The highest BCUT2D eigenvalue weighted by Crippen LogP contribution is 2.08. The second kappa shape index (κ2) is 9.34. The van der Waals surface area contributed by atoms with Crippen molar-refractivity contribution in [3.8, 4) is 12.3 Å². The third kappa shape index (κ3) is 8.42. The minimum Gasteiger partial charge on any atom is -0.367 e. The Morgan fingerprint density at radius 2 is 1.94 bits per heavy atom. The summed E-state index contributed by atoms with van der Waals surface area (Å²) in [5.41, 5.74) is 5.44. The third-order valence-electron chi connectivity index (χ3n) is 2.42. The summed E-state index contributed by atoms with van der Waals surface area (Å²) in [6, 6.07) is -0.586. The summed E-state index contributed by atoms with van der Waals surface area (Å²) in [6.45, 7) is 0. The van der Waals surface area contributed by atoms with Crippen LogP contribution in [0.3, 0.4) is 0 Å². The number of carbonyl (C=O) groups excluding carboxylic acids is 1. The number of ketones is 1. The van der Waals surface area contributed by atoms with Crippen LogP contribution in [0.15, 0.2) is 0 Å². The summed E-state index contributed by atoms with van der Waals surface area (Å²) in [7, 11) is 0. The number of hydrogen-bond donors (Lipinski definition) is 3. The van der Waals surface area contributed by atoms with Gasteiger partial charge in [-0.25, -0.2) is 0 Å². The zero-order valence-corrected chi connectivity index (χ0v) is 9.56. The van der Waals surface area contributed by atoms with Gasteiger partial charge in [-0.3, -0.25) is 4.79 Å². The van der Waals surface area contributed by atoms with E-state index in [1.807, 2.05) is 0 Å². The first-order chi connectivity index (χ1) is 7.57. The number of hydrogen-bond acceptors (Lipinski definition) is 4. The topological polar surface area (TPSA) is 83.6 Å². The fourth-order valence-corrected chi connectivity index (χ4v) is 1.36. The van der Waals surface area contributed by atoms with Crippen molar-refractivity contribution < 1.29 is 15.0 Å². The highest BCUT2D eigenvalue weighted by Gasteiger charge is 2.09. The molecule has 0 heterocycles. The molecule has 0 saturated carbocycles. The molecule has 0 aromatic rings. The van der Waals surface area contributed by atoms with Gasteiger partial charge in [-0.1, -0.05) is 12.8 Å². The smallest absolute Gasteiger partial charge is 0.166 e. The van der Waals surface area contributed by atoms with Gasteiger partial charge in [0.05, 0.1) is 6.04 Å². The molecule has 4 nitrogen and oxygen atoms in total. The summed E-state index contributed by atoms with van der Waals surface area (Å²) in [5, 5.41) is 17.4. The van der Waals surface area contributed by atoms with Crippen LogP contribution in [-0.2, 0) is 4.79 Å². The molecule has 0 bridgehead atoms. The van der Waals surface area contributed by atoms with Gasteiger partial charge < -0.3 is 15.9 Å². The molecule has 4 N–H and O–H groups in total. The number of Topliss-reactive ketones (excluding diaryl/α,β-unsaturated/α-hetero) is 1. The SMILES string of the molecule is C#CCCC(=O)CCCCC[C@H](N)C(O)O. The van der Waals surface area contributed by atoms with Crippen molar-refractivity contribution >= 4 is 5.78 Å². The maximum absolute atomic E-state index is 11.2. The third-order valence-corrected chi connectivity index (χ3v) is 2.42. The minimum atomic E-state index is -1.45. The highest BCUT2D eigenvalue weighted by atomic mass is 16.5. The zero-order valence-electron chi connectivity index (χ0n) is 9.56. The Morgan fingerprint density at radius 1 is 1.25 bits per heavy atom. The average molecular weight is 227 g/mol. The van der Waals surface area contributed by atoms with Crippen molar-refractivity contribution in [2.24, 2.45) is 5.73 Å². The number of nitrogens with two attached hydrogens (primary N) is 1. The van der Waals surface area contributed by atoms with Crippen molar-refractivity contribution in [3.63, 3.8) is 0 Å². The average Bonchev–Trinajstić information content (AvgIpc) is 2.25. The molecule has 0 fully saturated rings. The molecule has 0 aliphatic carbocycles. The summed E-state index contributed by atoms with van der Waals surface area (Å²) in [6.07, 6.45) is 8.20. The van der Waals surface area contributed by atoms with Crippen LogP contribution in [0.1, 0.15) is 44.9 Å². The van der Waals surface area contributed by atoms with Gasteiger partial charge in [0.2, 0.25) is 0 Å². The van der Waals surface area contributed by atoms with Crippen molar-refractivity contribution in [2.45, 2.75) is 57.3 Å². The largest absolute Gasteiger partial charge is 0.367 e. The quantitative estimate of drug-likeness (QED) is 0.305. The lowest BCUT2D eigenvalue weighted by atomic mass is 10.0. The van der Waals surface area contributed by atoms with Crippen LogP contribution < -0.4 is 5.73 Å². The van der Waals surface area contributed by atoms with E-state index in [1.54, 1.807) is 0 Å². The fraction of sp³-hybridized carbons (Fsp3) is 0.750. The Bertz CT molecular complexity index is 233. The van der Waals surface area contributed by atoms with Crippen LogP contribution >= 0.6 is 0 Å². The molecule has 16 heavy (non-hydrogen) atoms. The van der Waals surface area contributed by atoms with E-state index in [2.05, 4.69) is 5.92 Å². The molecule has 4 heteroatoms. The summed E-state index contributed by atoms with van der Waals surface area (Å²) in [4.78, 5) is 11.2. The second-order valence-electron chi connectivity index (χ2n) is 3.92. The fourth-order valence-electron chi connectivity index (χ4n) is 1.36. The normalized spacial score (nSPS) is 12.4. The summed E-state index contributed by atoms with van der Waals surface area (Å²) < 4.78 is 0. The Balaban J connectivity index is 3.34. The monoisotopic (exact) mass is 227 g/mol. The first-order valence-corrected chi connectivity index (χ1v) is 5.64. The van der Waals surface area contributed by atoms with E-state index in [0.717, 1.165) is 19.3 Å². The van der Waals surface area contributed by atoms with E-state index in [0.29, 0.717) is 25.7 Å². The minimum absolute atomic E-state index is 0.199. The lowest BCUT2D eigenvalue weighted by Crippen LogP contribution is -2.34. The summed E-state index contributed by atoms with van der Waals surface area (Å²) >= 11 is 0. The highest BCUT2D eigenvalue weighted by molar-refractivity contribution is 5.78. The van der Waals surface area contributed by atoms with E-state index < -0.39 is 12.3 Å². The van der Waals surface area contributed by atoms with Gasteiger partial charge >= 0.3 is 0 Å². The molecule has 0 aliphatic rings. The predicted molar refractivity (Wildman–Crippen MR) is 62.4 cm³/mol. The Hall–Kier alpha value is -0.890. The molecule has 0 aromatic heterocycles. The zero-order chi connectivity index (χ0) is 12.4. The second-order valence-corrected chi connectivity index (χ2v) is 3.92. The Labute approximate surface area is 96.8 Å². The van der Waals surface area contributed by atoms with Gasteiger partial charge in [-0.15, -0.1) is 12.3 Å². The molecule has 0 saturated heterocycles. The molecular formula is C12H21NO3. The van der Waals surface area contributed by atoms with Crippen molar-refractivity contribution in [3.05, 3.63) is 0 Å². The predicted octanol–water partition coefficient (Wildman–Crippen LogP) is 0.557. The maximum atomic E-state index is 11.2. The van der Waals surface area contributed by atoms with Crippen molar-refractivity contribution in [2.75, 3.05) is 0 Å². The number of terminal acetylenes is 1. The first kappa shape index (κ1) is 15.1. The molecule has 0 aromatic carbocycles. The van der Waals surface area contributed by atoms with Crippen LogP contribution in [-0.4, -0.2) is 28.3 Å². The van der Waals surface area contributed by atoms with Crippen LogP contribution in [0.5, 0.6) is 0 Å². The molecule has 0 spiro atoms. The molecule has 0 rings (SSSR count). The van der Waals surface area contributed by atoms with Crippen LogP contribution in [0.25, 0.3) is 0 Å². The van der Waals surface area contributed by atoms with E-state index in [-0.39, 0.29) is 5.78 Å². The van der Waals surface area contributed by atoms with Crippen LogP contribution in [0, 0.1) is 12.3 Å². The van der Waals surface area contributed by atoms with Gasteiger partial charge in [0.1, 0.15) is 5.78 Å². The van der Waals surface area contributed by atoms with Gasteiger partial charge in [-0.2, -0.15) is 0 Å². The lowest BCUT2D eigenvalue weighted by molar-refractivity contribution is -0.119. The molecule has 92 valence electrons. The number of unbranched alkanes of at least 4 members (excludes halogenated alkanes) is 2. The standard InChI is InChI=1S/C12H21NO3/c1-2-3-7-10(14)8-5-4-6-9-11(13)12(15)16/h1,11-12,15-16H,3-9,13H2/t11-/m0/s1. The lowest BCUT2D eigenvalue weighted by Gasteiger charge is -2.12. The van der Waals surface area contributed by atoms with Gasteiger partial charge in [0.25, 0.3) is 0 Å². The van der Waals surface area contributed by atoms with Gasteiger partial charge in [0, 0.05) is 19.3 Å². The number of rotatable bonds is 9.